The second kappa shape index (κ2) is 4.73. The topological polar surface area (TPSA) is 34.0 Å². The maximum absolute atomic E-state index is 4.94. The summed E-state index contributed by atoms with van der Waals surface area (Å²) < 4.78 is 4.94. The second-order valence-electron chi connectivity index (χ2n) is 1.64. The molecule has 0 aliphatic heterocycles. The Bertz CT molecular complexity index is 161. The van der Waals surface area contributed by atoms with Gasteiger partial charge in [0, 0.05) is 0 Å². The lowest BCUT2D eigenvalue weighted by molar-refractivity contribution is 0.229. The van der Waals surface area contributed by atoms with Crippen LogP contribution in [-0.2, 0) is 4.74 Å². The fraction of sp³-hybridized carbons (Fsp3) is 0.429. The number of aliphatic imine (C=N–C) groups is 2. The van der Waals surface area contributed by atoms with Crippen LogP contribution in [0.5, 0.6) is 0 Å². The van der Waals surface area contributed by atoms with Gasteiger partial charge in [-0.1, -0.05) is 0 Å². The van der Waals surface area contributed by atoms with Crippen LogP contribution in [0.15, 0.2) is 22.4 Å². The Morgan fingerprint density at radius 2 is 2.20 bits per heavy atom. The van der Waals surface area contributed by atoms with Gasteiger partial charge in [0.1, 0.15) is 5.84 Å². The first kappa shape index (κ1) is 8.88. The normalized spacial score (nSPS) is 10.8. The molecule has 0 amide bonds. The van der Waals surface area contributed by atoms with Crippen molar-refractivity contribution in [1.29, 1.82) is 0 Å². The van der Waals surface area contributed by atoms with Gasteiger partial charge in [-0.05, 0) is 27.1 Å². The predicted octanol–water partition coefficient (Wildman–Crippen LogP) is 1.61. The number of hydrogen-bond donors (Lipinski definition) is 0. The summed E-state index contributed by atoms with van der Waals surface area (Å²) in [6.07, 6.45) is 0. The van der Waals surface area contributed by atoms with E-state index in [1.807, 2.05) is 6.92 Å². The summed E-state index contributed by atoms with van der Waals surface area (Å²) in [5, 5.41) is 0. The molecule has 0 radical (unpaired) electrons. The first-order valence-corrected chi connectivity index (χ1v) is 3.04. The van der Waals surface area contributed by atoms with Crippen molar-refractivity contribution < 1.29 is 4.74 Å². The Hall–Kier alpha value is -1.12. The van der Waals surface area contributed by atoms with Gasteiger partial charge in [0.05, 0.1) is 6.61 Å². The van der Waals surface area contributed by atoms with Crippen LogP contribution in [0.3, 0.4) is 0 Å². The van der Waals surface area contributed by atoms with E-state index in [2.05, 4.69) is 23.3 Å². The van der Waals surface area contributed by atoms with Gasteiger partial charge >= 0.3 is 0 Å². The monoisotopic (exact) mass is 140 g/mol. The van der Waals surface area contributed by atoms with E-state index in [9.17, 15) is 0 Å². The number of amidine groups is 1. The Morgan fingerprint density at radius 1 is 1.60 bits per heavy atom. The largest absolute Gasteiger partial charge is 0.478 e. The average molecular weight is 140 g/mol. The van der Waals surface area contributed by atoms with Crippen LogP contribution in [0.4, 0.5) is 0 Å². The van der Waals surface area contributed by atoms with Crippen molar-refractivity contribution in [2.75, 3.05) is 6.61 Å². The van der Waals surface area contributed by atoms with Gasteiger partial charge in [0.15, 0.2) is 0 Å². The third kappa shape index (κ3) is 3.83. The molecule has 10 heavy (non-hydrogen) atoms. The lowest BCUT2D eigenvalue weighted by Gasteiger charge is -1.99. The highest BCUT2D eigenvalue weighted by Crippen LogP contribution is 1.95. The zero-order valence-electron chi connectivity index (χ0n) is 6.42. The zero-order valence-corrected chi connectivity index (χ0v) is 6.42. The molecule has 3 heteroatoms. The predicted molar refractivity (Wildman–Crippen MR) is 43.4 cm³/mol. The quantitative estimate of drug-likeness (QED) is 0.333. The molecule has 0 aromatic rings. The minimum absolute atomic E-state index is 0.382. The van der Waals surface area contributed by atoms with Crippen LogP contribution in [0.25, 0.3) is 0 Å². The van der Waals surface area contributed by atoms with E-state index >= 15 is 0 Å². The van der Waals surface area contributed by atoms with Crippen LogP contribution in [0, 0.1) is 0 Å². The molecule has 0 bridgehead atoms. The van der Waals surface area contributed by atoms with Crippen LogP contribution < -0.4 is 0 Å². The summed E-state index contributed by atoms with van der Waals surface area (Å²) in [4.78, 5) is 7.43. The zero-order chi connectivity index (χ0) is 7.98. The van der Waals surface area contributed by atoms with E-state index in [0.29, 0.717) is 18.3 Å². The molecule has 0 aromatic heterocycles. The average Bonchev–Trinajstić information content (AvgIpc) is 1.88. The highest BCUT2D eigenvalue weighted by molar-refractivity contribution is 5.84. The van der Waals surface area contributed by atoms with Gasteiger partial charge in [0.25, 0.3) is 0 Å². The lowest BCUT2D eigenvalue weighted by Crippen LogP contribution is -1.90. The van der Waals surface area contributed by atoms with E-state index in [1.54, 1.807) is 6.92 Å². The van der Waals surface area contributed by atoms with E-state index in [0.717, 1.165) is 0 Å². The van der Waals surface area contributed by atoms with Crippen LogP contribution in [0.1, 0.15) is 13.8 Å². The van der Waals surface area contributed by atoms with Gasteiger partial charge in [-0.3, -0.25) is 0 Å². The molecule has 0 spiro atoms. The summed E-state index contributed by atoms with van der Waals surface area (Å²) >= 11 is 0. The Morgan fingerprint density at radius 3 is 2.60 bits per heavy atom. The highest BCUT2D eigenvalue weighted by Gasteiger charge is 1.88. The second-order valence-corrected chi connectivity index (χ2v) is 1.64. The van der Waals surface area contributed by atoms with Crippen molar-refractivity contribution in [3.8, 4) is 0 Å². The van der Waals surface area contributed by atoms with Crippen molar-refractivity contribution in [3.63, 3.8) is 0 Å². The molecule has 0 unspecified atom stereocenters. The Kier molecular flexibility index (Phi) is 4.20. The fourth-order valence-corrected chi connectivity index (χ4v) is 0.415. The summed E-state index contributed by atoms with van der Waals surface area (Å²) in [5.41, 5.74) is 0. The summed E-state index contributed by atoms with van der Waals surface area (Å²) in [7, 11) is 0. The minimum Gasteiger partial charge on any atom is -0.478 e. The maximum atomic E-state index is 4.94. The molecule has 0 heterocycles. The summed E-state index contributed by atoms with van der Waals surface area (Å²) in [6, 6.07) is 0. The van der Waals surface area contributed by atoms with Crippen molar-refractivity contribution in [2.45, 2.75) is 13.8 Å². The van der Waals surface area contributed by atoms with Gasteiger partial charge in [-0.25, -0.2) is 4.99 Å². The number of nitrogens with zero attached hydrogens (tertiary/aromatic N) is 2. The summed E-state index contributed by atoms with van der Waals surface area (Å²) in [6.45, 7) is 11.0. The molecular formula is C7H12N2O. The van der Waals surface area contributed by atoms with Gasteiger partial charge in [-0.2, -0.15) is 4.99 Å². The molecule has 0 rings (SSSR count). The van der Waals surface area contributed by atoms with E-state index < -0.39 is 0 Å². The van der Waals surface area contributed by atoms with Crippen molar-refractivity contribution in [3.05, 3.63) is 12.5 Å². The molecule has 0 saturated heterocycles. The van der Waals surface area contributed by atoms with E-state index in [1.165, 1.54) is 0 Å². The van der Waals surface area contributed by atoms with Crippen molar-refractivity contribution in [2.24, 2.45) is 9.98 Å². The Balaban J connectivity index is 3.86. The maximum Gasteiger partial charge on any atom is 0.207 e. The third-order valence-electron chi connectivity index (χ3n) is 0.826. The molecule has 3 nitrogen and oxygen atoms in total. The lowest BCUT2D eigenvalue weighted by atomic mass is 10.7. The SMILES string of the molecule is C=N/C(C)=N\C(=C)OCC. The van der Waals surface area contributed by atoms with Gasteiger partial charge < -0.3 is 4.74 Å². The molecule has 0 aliphatic rings. The summed E-state index contributed by atoms with van der Waals surface area (Å²) in [5.74, 6) is 0.950. The highest BCUT2D eigenvalue weighted by atomic mass is 16.5. The van der Waals surface area contributed by atoms with E-state index in [4.69, 9.17) is 4.74 Å². The van der Waals surface area contributed by atoms with Gasteiger partial charge in [0.2, 0.25) is 5.88 Å². The number of hydrogen-bond acceptors (Lipinski definition) is 2. The van der Waals surface area contributed by atoms with Crippen LogP contribution in [0.2, 0.25) is 0 Å². The van der Waals surface area contributed by atoms with Gasteiger partial charge in [-0.15, -0.1) is 0 Å². The van der Waals surface area contributed by atoms with Crippen LogP contribution in [-0.4, -0.2) is 19.2 Å². The molecule has 0 N–H and O–H groups in total. The minimum atomic E-state index is 0.382. The van der Waals surface area contributed by atoms with E-state index in [-0.39, 0.29) is 0 Å². The van der Waals surface area contributed by atoms with Crippen molar-refractivity contribution in [1.82, 2.24) is 0 Å². The van der Waals surface area contributed by atoms with Crippen LogP contribution >= 0.6 is 0 Å². The first-order valence-electron chi connectivity index (χ1n) is 3.04. The van der Waals surface area contributed by atoms with Crippen molar-refractivity contribution >= 4 is 12.6 Å². The Labute approximate surface area is 61.1 Å². The standard InChI is InChI=1S/C7H12N2O/c1-5-10-7(3)9-6(2)8-4/h3-5H2,1-2H3/b9-6-. The molecule has 0 atom stereocenters. The fourth-order valence-electron chi connectivity index (χ4n) is 0.415. The third-order valence-corrected chi connectivity index (χ3v) is 0.826. The molecule has 0 aliphatic carbocycles. The molecule has 0 saturated carbocycles. The smallest absolute Gasteiger partial charge is 0.207 e. The molecule has 0 aromatic carbocycles. The molecule has 56 valence electrons. The number of ether oxygens (including phenoxy) is 1. The molecule has 0 fully saturated rings. The number of rotatable bonds is 3. The molecular weight excluding hydrogens is 128 g/mol. The first-order chi connectivity index (χ1) is 4.70.